The van der Waals surface area contributed by atoms with Gasteiger partial charge in [0, 0.05) is 55.0 Å². The Balaban J connectivity index is 1.49. The Morgan fingerprint density at radius 1 is 1.16 bits per heavy atom. The number of nitrogens with zero attached hydrogens (tertiary/aromatic N) is 2. The molecule has 132 valence electrons. The van der Waals surface area contributed by atoms with Crippen molar-refractivity contribution in [2.45, 2.75) is 46.1 Å². The van der Waals surface area contributed by atoms with Gasteiger partial charge in [0.1, 0.15) is 0 Å². The van der Waals surface area contributed by atoms with Crippen LogP contribution in [-0.4, -0.2) is 28.3 Å². The van der Waals surface area contributed by atoms with E-state index in [9.17, 15) is 9.59 Å². The fourth-order valence-corrected chi connectivity index (χ4v) is 5.95. The molecule has 0 N–H and O–H groups in total. The molecule has 25 heavy (non-hydrogen) atoms. The number of likely N-dealkylation sites (tertiary alicyclic amines) is 1. The molecule has 3 heterocycles. The van der Waals surface area contributed by atoms with Crippen molar-refractivity contribution >= 4 is 5.78 Å². The topological polar surface area (TPSA) is 42.3 Å². The number of hydrogen-bond acceptors (Lipinski definition) is 3. The molecule has 2 aliphatic heterocycles. The molecular formula is C21H26N2O2. The fourth-order valence-electron chi connectivity index (χ4n) is 5.95. The highest BCUT2D eigenvalue weighted by molar-refractivity contribution is 6.01. The van der Waals surface area contributed by atoms with Gasteiger partial charge >= 0.3 is 0 Å². The van der Waals surface area contributed by atoms with E-state index < -0.39 is 0 Å². The van der Waals surface area contributed by atoms with Crippen molar-refractivity contribution in [2.75, 3.05) is 13.1 Å². The van der Waals surface area contributed by atoms with Crippen LogP contribution in [0.25, 0.3) is 0 Å². The van der Waals surface area contributed by atoms with Crippen LogP contribution >= 0.6 is 0 Å². The van der Waals surface area contributed by atoms with Crippen molar-refractivity contribution in [3.63, 3.8) is 0 Å². The first-order valence-corrected chi connectivity index (χ1v) is 9.56. The Kier molecular flexibility index (Phi) is 3.00. The first-order valence-electron chi connectivity index (χ1n) is 9.56. The number of pyridine rings is 1. The molecule has 1 aromatic heterocycles. The van der Waals surface area contributed by atoms with Crippen molar-refractivity contribution in [2.24, 2.45) is 23.2 Å². The summed E-state index contributed by atoms with van der Waals surface area (Å²) in [6.45, 7) is 9.47. The van der Waals surface area contributed by atoms with E-state index in [2.05, 4.69) is 31.7 Å². The molecule has 4 unspecified atom stereocenters. The maximum Gasteiger partial charge on any atom is 0.250 e. The Morgan fingerprint density at radius 2 is 1.96 bits per heavy atom. The zero-order chi connectivity index (χ0) is 17.5. The molecule has 2 saturated carbocycles. The van der Waals surface area contributed by atoms with E-state index in [1.54, 1.807) is 6.07 Å². The van der Waals surface area contributed by atoms with Crippen molar-refractivity contribution < 1.29 is 4.79 Å². The van der Waals surface area contributed by atoms with Gasteiger partial charge < -0.3 is 9.47 Å². The largest absolute Gasteiger partial charge is 0.374 e. The average Bonchev–Trinajstić information content (AvgIpc) is 2.90. The monoisotopic (exact) mass is 338 g/mol. The third-order valence-electron chi connectivity index (χ3n) is 7.41. The molecule has 1 aromatic rings. The number of ketones is 1. The zero-order valence-electron chi connectivity index (χ0n) is 15.3. The number of Topliss-reactive ketones (excluding diaryl/α,β-unsaturated/α-hetero) is 1. The van der Waals surface area contributed by atoms with Gasteiger partial charge in [0.25, 0.3) is 5.56 Å². The smallest absolute Gasteiger partial charge is 0.250 e. The zero-order valence-corrected chi connectivity index (χ0v) is 15.3. The third-order valence-corrected chi connectivity index (χ3v) is 7.41. The summed E-state index contributed by atoms with van der Waals surface area (Å²) in [5.74, 6) is 2.31. The Bertz CT molecular complexity index is 863. The second-order valence-electron chi connectivity index (χ2n) is 9.14. The fraction of sp³-hybridized carbons (Fsp3) is 0.619. The van der Waals surface area contributed by atoms with Crippen LogP contribution in [0.1, 0.15) is 45.2 Å². The highest BCUT2D eigenvalue weighted by Crippen LogP contribution is 2.68. The molecule has 4 nitrogen and oxygen atoms in total. The van der Waals surface area contributed by atoms with Crippen LogP contribution in [0.5, 0.6) is 0 Å². The van der Waals surface area contributed by atoms with E-state index in [1.165, 1.54) is 11.4 Å². The second kappa shape index (κ2) is 4.87. The molecule has 0 radical (unpaired) electrons. The summed E-state index contributed by atoms with van der Waals surface area (Å²) in [5, 5.41) is 0. The number of carbonyl (C=O) groups is 1. The van der Waals surface area contributed by atoms with Gasteiger partial charge in [-0.1, -0.05) is 19.9 Å². The lowest BCUT2D eigenvalue weighted by molar-refractivity contribution is -0.115. The maximum absolute atomic E-state index is 12.5. The van der Waals surface area contributed by atoms with Crippen molar-refractivity contribution in [1.29, 1.82) is 0 Å². The Morgan fingerprint density at radius 3 is 2.72 bits per heavy atom. The highest BCUT2D eigenvalue weighted by atomic mass is 16.1. The number of hydrogen-bond donors (Lipinski definition) is 0. The molecule has 1 saturated heterocycles. The van der Waals surface area contributed by atoms with Gasteiger partial charge in [-0.3, -0.25) is 9.59 Å². The number of carbonyl (C=O) groups excluding carboxylic acids is 1. The van der Waals surface area contributed by atoms with Gasteiger partial charge in [0.05, 0.1) is 0 Å². The lowest BCUT2D eigenvalue weighted by Gasteiger charge is -2.44. The molecule has 4 heteroatoms. The van der Waals surface area contributed by atoms with Crippen LogP contribution in [0.4, 0.5) is 0 Å². The highest BCUT2D eigenvalue weighted by Gasteiger charge is 2.65. The summed E-state index contributed by atoms with van der Waals surface area (Å²) in [5.41, 5.74) is 3.93. The first kappa shape index (κ1) is 15.4. The number of aromatic nitrogens is 1. The summed E-state index contributed by atoms with van der Waals surface area (Å²) >= 11 is 0. The van der Waals surface area contributed by atoms with Crippen LogP contribution in [0.2, 0.25) is 0 Å². The maximum atomic E-state index is 12.5. The molecule has 5 rings (SSSR count). The third kappa shape index (κ3) is 2.06. The van der Waals surface area contributed by atoms with Crippen LogP contribution in [0.15, 0.2) is 34.3 Å². The molecule has 0 amide bonds. The van der Waals surface area contributed by atoms with Gasteiger partial charge in [0.2, 0.25) is 0 Å². The minimum atomic E-state index is 0.129. The van der Waals surface area contributed by atoms with Gasteiger partial charge in [-0.2, -0.15) is 0 Å². The van der Waals surface area contributed by atoms with E-state index in [0.29, 0.717) is 34.9 Å². The van der Waals surface area contributed by atoms with Crippen LogP contribution in [-0.2, 0) is 11.3 Å². The van der Waals surface area contributed by atoms with Crippen molar-refractivity contribution in [3.8, 4) is 0 Å². The summed E-state index contributed by atoms with van der Waals surface area (Å²) in [7, 11) is 0. The molecule has 2 aliphatic carbocycles. The molecule has 2 bridgehead atoms. The number of allylic oxidation sites excluding steroid dienone is 2. The van der Waals surface area contributed by atoms with Gasteiger partial charge in [-0.15, -0.1) is 0 Å². The van der Waals surface area contributed by atoms with Crippen LogP contribution in [0, 0.1) is 23.2 Å². The minimum Gasteiger partial charge on any atom is -0.374 e. The molecule has 4 aliphatic rings. The van der Waals surface area contributed by atoms with Crippen molar-refractivity contribution in [3.05, 3.63) is 45.5 Å². The van der Waals surface area contributed by atoms with Gasteiger partial charge in [0.15, 0.2) is 5.78 Å². The molecule has 3 fully saturated rings. The SMILES string of the molecule is C/C(=C1/C(=O)CC2C1C2(C)C)N1CC2CC(C1)c1cccc(=O)n1C2. The summed E-state index contributed by atoms with van der Waals surface area (Å²) in [4.78, 5) is 27.2. The minimum absolute atomic E-state index is 0.129. The van der Waals surface area contributed by atoms with Crippen LogP contribution < -0.4 is 5.56 Å². The van der Waals surface area contributed by atoms with E-state index in [-0.39, 0.29) is 5.56 Å². The Hall–Kier alpha value is -1.84. The average molecular weight is 338 g/mol. The predicted octanol–water partition coefficient (Wildman–Crippen LogP) is 2.79. The lowest BCUT2D eigenvalue weighted by atomic mass is 9.82. The van der Waals surface area contributed by atoms with E-state index >= 15 is 0 Å². The number of rotatable bonds is 1. The summed E-state index contributed by atoms with van der Waals surface area (Å²) in [6.07, 6.45) is 1.90. The Labute approximate surface area is 148 Å². The normalized spacial score (nSPS) is 36.8. The molecule has 0 spiro atoms. The molecular weight excluding hydrogens is 312 g/mol. The summed E-state index contributed by atoms with van der Waals surface area (Å²) in [6, 6.07) is 5.66. The second-order valence-corrected chi connectivity index (χ2v) is 9.14. The van der Waals surface area contributed by atoms with E-state index in [4.69, 9.17) is 0 Å². The van der Waals surface area contributed by atoms with E-state index in [0.717, 1.165) is 38.0 Å². The quantitative estimate of drug-likeness (QED) is 0.740. The van der Waals surface area contributed by atoms with Crippen molar-refractivity contribution in [1.82, 2.24) is 9.47 Å². The molecule has 0 aromatic carbocycles. The van der Waals surface area contributed by atoms with E-state index in [1.807, 2.05) is 10.6 Å². The van der Waals surface area contributed by atoms with Crippen LogP contribution in [0.3, 0.4) is 0 Å². The lowest BCUT2D eigenvalue weighted by Crippen LogP contribution is -2.46. The number of fused-ring (bicyclic) bond motifs is 5. The standard InChI is InChI=1S/C21H26N2O2/c1-12(19-17(24)8-15-20(19)21(15,2)3)22-9-13-7-14(11-22)16-5-4-6-18(25)23(16)10-13/h4-6,13-15,20H,7-11H2,1-3H3/b19-12+. The van der Waals surface area contributed by atoms with Gasteiger partial charge in [-0.25, -0.2) is 0 Å². The molecule has 4 atom stereocenters. The number of piperidine rings is 1. The first-order chi connectivity index (χ1) is 11.9. The predicted molar refractivity (Wildman–Crippen MR) is 96.2 cm³/mol. The van der Waals surface area contributed by atoms with Gasteiger partial charge in [-0.05, 0) is 42.6 Å². The summed E-state index contributed by atoms with van der Waals surface area (Å²) < 4.78 is 1.97.